The Morgan fingerprint density at radius 3 is 1.97 bits per heavy atom. The molecule has 0 unspecified atom stereocenters. The smallest absolute Gasteiger partial charge is 0.222 e. The monoisotopic (exact) mass is 514 g/mol. The lowest BCUT2D eigenvalue weighted by atomic mass is 10.1. The first kappa shape index (κ1) is 36.8. The number of carbonyl (C=O) groups excluding carboxylic acids is 1. The number of allylic oxidation sites excluding steroid dienone is 5. The minimum Gasteiger partial charge on any atom is -0.490 e. The highest BCUT2D eigenvalue weighted by Gasteiger charge is 2.17. The van der Waals surface area contributed by atoms with Gasteiger partial charge >= 0.3 is 0 Å². The van der Waals surface area contributed by atoms with E-state index in [9.17, 15) is 4.79 Å². The van der Waals surface area contributed by atoms with Crippen molar-refractivity contribution in [3.05, 3.63) is 66.8 Å². The highest BCUT2D eigenvalue weighted by atomic mass is 16.5. The second-order valence-corrected chi connectivity index (χ2v) is 9.74. The summed E-state index contributed by atoms with van der Waals surface area (Å²) in [6, 6.07) is 10.1. The van der Waals surface area contributed by atoms with E-state index in [0.29, 0.717) is 6.10 Å². The Morgan fingerprint density at radius 1 is 1.08 bits per heavy atom. The van der Waals surface area contributed by atoms with E-state index >= 15 is 0 Å². The molecule has 0 aromatic heterocycles. The second kappa shape index (κ2) is 25.3. The first-order valence-electron chi connectivity index (χ1n) is 14.3. The third kappa shape index (κ3) is 22.6. The van der Waals surface area contributed by atoms with Gasteiger partial charge in [0.2, 0.25) is 5.91 Å². The van der Waals surface area contributed by atoms with Crippen LogP contribution in [0.15, 0.2) is 66.8 Å². The molecule has 212 valence electrons. The molecule has 0 atom stereocenters. The molecule has 1 aromatic carbocycles. The topological polar surface area (TPSA) is 41.6 Å². The number of benzene rings is 1. The minimum absolute atomic E-state index is 0.0972. The van der Waals surface area contributed by atoms with E-state index in [2.05, 4.69) is 30.8 Å². The van der Waals surface area contributed by atoms with Crippen LogP contribution < -0.4 is 10.1 Å². The Hall–Kier alpha value is -2.33. The first-order valence-corrected chi connectivity index (χ1v) is 14.3. The molecule has 37 heavy (non-hydrogen) atoms. The van der Waals surface area contributed by atoms with E-state index < -0.39 is 0 Å². The average molecular weight is 515 g/mol. The third-order valence-corrected chi connectivity index (χ3v) is 5.94. The van der Waals surface area contributed by atoms with Crippen molar-refractivity contribution in [1.29, 1.82) is 0 Å². The van der Waals surface area contributed by atoms with Crippen LogP contribution in [-0.4, -0.2) is 44.1 Å². The largest absolute Gasteiger partial charge is 0.490 e. The van der Waals surface area contributed by atoms with Gasteiger partial charge in [0.05, 0.1) is 0 Å². The summed E-state index contributed by atoms with van der Waals surface area (Å²) in [5, 5.41) is 2.53. The predicted molar refractivity (Wildman–Crippen MR) is 164 cm³/mol. The Bertz CT molecular complexity index is 711. The number of likely N-dealkylation sites (tertiary alicyclic amines) is 1. The summed E-state index contributed by atoms with van der Waals surface area (Å²) in [5.74, 6) is 2.26. The number of nitrogens with one attached hydrogen (secondary N) is 1. The summed E-state index contributed by atoms with van der Waals surface area (Å²) < 4.78 is 5.88. The quantitative estimate of drug-likeness (QED) is 0.401. The van der Waals surface area contributed by atoms with Crippen LogP contribution >= 0.6 is 0 Å². The molecule has 2 fully saturated rings. The van der Waals surface area contributed by atoms with Crippen molar-refractivity contribution in [1.82, 2.24) is 10.2 Å². The highest BCUT2D eigenvalue weighted by molar-refractivity contribution is 5.77. The molecule has 1 N–H and O–H groups in total. The fourth-order valence-corrected chi connectivity index (χ4v) is 3.72. The van der Waals surface area contributed by atoms with Gasteiger partial charge < -0.3 is 15.0 Å². The van der Waals surface area contributed by atoms with Crippen LogP contribution in [0.5, 0.6) is 5.75 Å². The standard InChI is InChI=1S/C12H17NO.C8H12.C6H12.C5H11NO.C2H6/c1-13-9-7-12(8-10-13)14-11-5-3-2-4-6-11;1-4-6-8(3)7-5-2;1-6-4-2-3-5-6;1-4(2)5(7)6-3;1-2/h2-6,12H,7-10H2,1H3;4-7H,1H2,2-3H3;6H,2-5H2,1H3;4H,1-3H3,(H,6,7);1-2H3/b;7-5-,8-6-;;;. The zero-order valence-corrected chi connectivity index (χ0v) is 25.6. The van der Waals surface area contributed by atoms with Crippen molar-refractivity contribution in [2.24, 2.45) is 11.8 Å². The van der Waals surface area contributed by atoms with Gasteiger partial charge in [-0.05, 0) is 51.8 Å². The SMILES string of the molecule is C=C/C=C(C)\C=C/C.CC.CC1CCCC1.CN1CCC(Oc2ccccc2)CC1.CNC(=O)C(C)C. The number of hydrogen-bond donors (Lipinski definition) is 1. The molecule has 1 amide bonds. The number of amides is 1. The maximum atomic E-state index is 10.4. The molecule has 1 saturated heterocycles. The summed E-state index contributed by atoms with van der Waals surface area (Å²) in [6.45, 7) is 20.0. The van der Waals surface area contributed by atoms with Crippen LogP contribution in [0.2, 0.25) is 0 Å². The number of rotatable bonds is 5. The Morgan fingerprint density at radius 2 is 1.62 bits per heavy atom. The molecule has 1 aromatic rings. The van der Waals surface area contributed by atoms with Gasteiger partial charge in [-0.2, -0.15) is 0 Å². The summed E-state index contributed by atoms with van der Waals surface area (Å²) >= 11 is 0. The lowest BCUT2D eigenvalue weighted by molar-refractivity contribution is -0.123. The number of hydrogen-bond acceptors (Lipinski definition) is 3. The van der Waals surface area contributed by atoms with Crippen LogP contribution in [0.4, 0.5) is 0 Å². The number of piperidine rings is 1. The lowest BCUT2D eigenvalue weighted by Gasteiger charge is -2.29. The average Bonchev–Trinajstić information content (AvgIpc) is 3.39. The molecule has 0 spiro atoms. The van der Waals surface area contributed by atoms with Crippen molar-refractivity contribution in [3.63, 3.8) is 0 Å². The van der Waals surface area contributed by atoms with Gasteiger partial charge in [-0.15, -0.1) is 0 Å². The molecule has 0 bridgehead atoms. The Balaban J connectivity index is 0. The van der Waals surface area contributed by atoms with E-state index in [4.69, 9.17) is 4.74 Å². The zero-order chi connectivity index (χ0) is 28.5. The molecule has 1 heterocycles. The van der Waals surface area contributed by atoms with Gasteiger partial charge in [0.25, 0.3) is 0 Å². The van der Waals surface area contributed by atoms with E-state index in [0.717, 1.165) is 37.6 Å². The van der Waals surface area contributed by atoms with Crippen molar-refractivity contribution < 1.29 is 9.53 Å². The van der Waals surface area contributed by atoms with Crippen molar-refractivity contribution in [2.45, 2.75) is 93.1 Å². The highest BCUT2D eigenvalue weighted by Crippen LogP contribution is 2.23. The molecule has 4 heteroatoms. The van der Waals surface area contributed by atoms with Gasteiger partial charge in [0.1, 0.15) is 11.9 Å². The van der Waals surface area contributed by atoms with Crippen LogP contribution in [0.3, 0.4) is 0 Å². The Kier molecular flexibility index (Phi) is 25.2. The second-order valence-electron chi connectivity index (χ2n) is 9.74. The molecule has 3 rings (SSSR count). The van der Waals surface area contributed by atoms with Crippen molar-refractivity contribution in [2.75, 3.05) is 27.2 Å². The van der Waals surface area contributed by atoms with E-state index in [1.54, 1.807) is 13.1 Å². The van der Waals surface area contributed by atoms with Gasteiger partial charge in [-0.1, -0.05) is 115 Å². The van der Waals surface area contributed by atoms with Crippen molar-refractivity contribution >= 4 is 5.91 Å². The van der Waals surface area contributed by atoms with Crippen LogP contribution in [-0.2, 0) is 4.79 Å². The van der Waals surface area contributed by atoms with Crippen LogP contribution in [0.1, 0.15) is 87.0 Å². The molecule has 4 nitrogen and oxygen atoms in total. The molecule has 0 radical (unpaired) electrons. The number of carbonyl (C=O) groups is 1. The number of ether oxygens (including phenoxy) is 1. The van der Waals surface area contributed by atoms with Crippen LogP contribution in [0, 0.1) is 11.8 Å². The Labute approximate surface area is 230 Å². The third-order valence-electron chi connectivity index (χ3n) is 5.94. The maximum Gasteiger partial charge on any atom is 0.222 e. The molecule has 2 aliphatic rings. The summed E-state index contributed by atoms with van der Waals surface area (Å²) in [4.78, 5) is 12.8. The van der Waals surface area contributed by atoms with E-state index in [1.807, 2.05) is 90.1 Å². The maximum absolute atomic E-state index is 10.4. The summed E-state index contributed by atoms with van der Waals surface area (Å²) in [6.07, 6.45) is 16.5. The van der Waals surface area contributed by atoms with E-state index in [-0.39, 0.29) is 11.8 Å². The first-order chi connectivity index (χ1) is 17.7. The van der Waals surface area contributed by atoms with Gasteiger partial charge in [-0.25, -0.2) is 0 Å². The van der Waals surface area contributed by atoms with Gasteiger partial charge in [-0.3, -0.25) is 4.79 Å². The summed E-state index contributed by atoms with van der Waals surface area (Å²) in [7, 11) is 3.81. The zero-order valence-electron chi connectivity index (χ0n) is 25.6. The molecule has 1 aliphatic carbocycles. The van der Waals surface area contributed by atoms with Gasteiger partial charge in [0.15, 0.2) is 0 Å². The summed E-state index contributed by atoms with van der Waals surface area (Å²) in [5.41, 5.74) is 1.24. The lowest BCUT2D eigenvalue weighted by Crippen LogP contribution is -2.35. The predicted octanol–water partition coefficient (Wildman–Crippen LogP) is 8.47. The molecular weight excluding hydrogens is 456 g/mol. The number of para-hydroxylation sites is 1. The van der Waals surface area contributed by atoms with Crippen LogP contribution in [0.25, 0.3) is 0 Å². The molecular formula is C33H58N2O2. The number of nitrogens with zero attached hydrogens (tertiary/aromatic N) is 1. The normalized spacial score (nSPS) is 16.1. The van der Waals surface area contributed by atoms with Crippen molar-refractivity contribution in [3.8, 4) is 5.75 Å². The molecule has 1 saturated carbocycles. The van der Waals surface area contributed by atoms with E-state index in [1.165, 1.54) is 31.3 Å². The van der Waals surface area contributed by atoms with Gasteiger partial charge in [0, 0.05) is 26.1 Å². The molecule has 1 aliphatic heterocycles. The fraction of sp³-hybridized carbons (Fsp3) is 0.606. The minimum atomic E-state index is 0.0972. The fourth-order valence-electron chi connectivity index (χ4n) is 3.72.